The molecule has 0 aliphatic carbocycles. The molecule has 3 aromatic carbocycles. The first kappa shape index (κ1) is 19.4. The summed E-state index contributed by atoms with van der Waals surface area (Å²) in [6, 6.07) is 24.2. The summed E-state index contributed by atoms with van der Waals surface area (Å²) in [7, 11) is 0. The number of nitrogens with zero attached hydrogens (tertiary/aromatic N) is 3. The van der Waals surface area contributed by atoms with Crippen molar-refractivity contribution >= 4 is 34.9 Å². The van der Waals surface area contributed by atoms with Gasteiger partial charge in [0, 0.05) is 17.1 Å². The predicted molar refractivity (Wildman–Crippen MR) is 123 cm³/mol. The molecule has 0 saturated carbocycles. The summed E-state index contributed by atoms with van der Waals surface area (Å²) in [6.45, 7) is 6.15. The van der Waals surface area contributed by atoms with E-state index < -0.39 is 0 Å². The molecule has 0 bridgehead atoms. The van der Waals surface area contributed by atoms with Gasteiger partial charge in [0.1, 0.15) is 0 Å². The predicted octanol–water partition coefficient (Wildman–Crippen LogP) is 6.03. The molecule has 30 heavy (non-hydrogen) atoms. The van der Waals surface area contributed by atoms with Crippen LogP contribution in [0.5, 0.6) is 0 Å². The molecule has 1 aromatic heterocycles. The van der Waals surface area contributed by atoms with Crippen molar-refractivity contribution in [3.05, 3.63) is 89.5 Å². The smallest absolute Gasteiger partial charge is 0.233 e. The van der Waals surface area contributed by atoms with Crippen molar-refractivity contribution in [3.63, 3.8) is 0 Å². The van der Waals surface area contributed by atoms with E-state index in [0.29, 0.717) is 17.8 Å². The second-order valence-corrected chi connectivity index (χ2v) is 7.29. The normalized spacial score (nSPS) is 10.5. The van der Waals surface area contributed by atoms with Crippen LogP contribution in [0.4, 0.5) is 34.9 Å². The van der Waals surface area contributed by atoms with E-state index in [-0.39, 0.29) is 0 Å². The van der Waals surface area contributed by atoms with Crippen molar-refractivity contribution in [1.82, 2.24) is 15.0 Å². The minimum absolute atomic E-state index is 0.458. The van der Waals surface area contributed by atoms with Crippen molar-refractivity contribution in [1.29, 1.82) is 0 Å². The summed E-state index contributed by atoms with van der Waals surface area (Å²) in [5.74, 6) is 1.37. The van der Waals surface area contributed by atoms with Gasteiger partial charge in [0.25, 0.3) is 0 Å². The molecule has 6 nitrogen and oxygen atoms in total. The minimum atomic E-state index is 0.458. The number of hydrogen-bond acceptors (Lipinski definition) is 6. The Morgan fingerprint density at radius 1 is 0.467 bits per heavy atom. The molecule has 6 heteroatoms. The van der Waals surface area contributed by atoms with Crippen LogP contribution < -0.4 is 16.0 Å². The van der Waals surface area contributed by atoms with Crippen LogP contribution in [0, 0.1) is 20.8 Å². The van der Waals surface area contributed by atoms with Gasteiger partial charge >= 0.3 is 0 Å². The van der Waals surface area contributed by atoms with Crippen LogP contribution in [0.25, 0.3) is 0 Å². The Kier molecular flexibility index (Phi) is 5.57. The molecule has 150 valence electrons. The third-order valence-electron chi connectivity index (χ3n) is 4.49. The topological polar surface area (TPSA) is 74.8 Å². The van der Waals surface area contributed by atoms with Crippen molar-refractivity contribution in [2.24, 2.45) is 0 Å². The minimum Gasteiger partial charge on any atom is -0.324 e. The fraction of sp³-hybridized carbons (Fsp3) is 0.125. The summed E-state index contributed by atoms with van der Waals surface area (Å²) in [5, 5.41) is 9.81. The molecular formula is C24H24N6. The number of rotatable bonds is 6. The van der Waals surface area contributed by atoms with Crippen LogP contribution in [0.1, 0.15) is 16.7 Å². The molecule has 4 rings (SSSR count). The number of aromatic nitrogens is 3. The quantitative estimate of drug-likeness (QED) is 0.370. The van der Waals surface area contributed by atoms with Gasteiger partial charge in [-0.1, -0.05) is 42.0 Å². The first-order chi connectivity index (χ1) is 14.5. The standard InChI is InChI=1S/C24H24N6/c1-16-10-12-19(13-11-16)25-22-28-23(26-20-8-4-6-17(2)14-20)30-24(29-22)27-21-9-5-7-18(3)15-21/h4-15H,1-3H3,(H3,25,26,27,28,29,30). The van der Waals surface area contributed by atoms with Crippen molar-refractivity contribution in [3.8, 4) is 0 Å². The third kappa shape index (κ3) is 5.11. The van der Waals surface area contributed by atoms with E-state index in [9.17, 15) is 0 Å². The van der Waals surface area contributed by atoms with Gasteiger partial charge in [-0.3, -0.25) is 0 Å². The molecule has 0 unspecified atom stereocenters. The van der Waals surface area contributed by atoms with Crippen molar-refractivity contribution in [2.75, 3.05) is 16.0 Å². The zero-order valence-corrected chi connectivity index (χ0v) is 17.3. The molecule has 0 radical (unpaired) electrons. The molecule has 0 aliphatic rings. The summed E-state index contributed by atoms with van der Waals surface area (Å²) in [5.41, 5.74) is 6.26. The SMILES string of the molecule is Cc1ccc(Nc2nc(Nc3cccc(C)c3)nc(Nc3cccc(C)c3)n2)cc1. The Morgan fingerprint density at radius 2 is 0.900 bits per heavy atom. The molecule has 0 amide bonds. The summed E-state index contributed by atoms with van der Waals surface area (Å²) < 4.78 is 0. The Morgan fingerprint density at radius 3 is 1.33 bits per heavy atom. The molecule has 4 aromatic rings. The third-order valence-corrected chi connectivity index (χ3v) is 4.49. The zero-order chi connectivity index (χ0) is 20.9. The van der Waals surface area contributed by atoms with E-state index in [1.807, 2.05) is 86.6 Å². The van der Waals surface area contributed by atoms with E-state index >= 15 is 0 Å². The number of benzene rings is 3. The van der Waals surface area contributed by atoms with Crippen molar-refractivity contribution < 1.29 is 0 Å². The Labute approximate surface area is 176 Å². The van der Waals surface area contributed by atoms with Crippen LogP contribution in [-0.4, -0.2) is 15.0 Å². The highest BCUT2D eigenvalue weighted by atomic mass is 15.3. The highest BCUT2D eigenvalue weighted by Crippen LogP contribution is 2.22. The van der Waals surface area contributed by atoms with E-state index in [1.54, 1.807) is 0 Å². The average Bonchev–Trinajstić information content (AvgIpc) is 2.70. The Bertz CT molecular complexity index is 1090. The Hall–Kier alpha value is -3.93. The number of anilines is 6. The molecule has 0 aliphatic heterocycles. The Balaban J connectivity index is 1.66. The van der Waals surface area contributed by atoms with Crippen LogP contribution in [0.2, 0.25) is 0 Å². The second kappa shape index (κ2) is 8.61. The van der Waals surface area contributed by atoms with Gasteiger partial charge in [0.05, 0.1) is 0 Å². The highest BCUT2D eigenvalue weighted by molar-refractivity contribution is 5.62. The van der Waals surface area contributed by atoms with Gasteiger partial charge in [-0.15, -0.1) is 0 Å². The van der Waals surface area contributed by atoms with Crippen LogP contribution >= 0.6 is 0 Å². The molecule has 0 saturated heterocycles. The van der Waals surface area contributed by atoms with E-state index in [2.05, 4.69) is 37.8 Å². The lowest BCUT2D eigenvalue weighted by Gasteiger charge is -2.12. The largest absolute Gasteiger partial charge is 0.324 e. The van der Waals surface area contributed by atoms with Crippen LogP contribution in [0.3, 0.4) is 0 Å². The fourth-order valence-electron chi connectivity index (χ4n) is 3.01. The average molecular weight is 396 g/mol. The van der Waals surface area contributed by atoms with E-state index in [1.165, 1.54) is 5.56 Å². The monoisotopic (exact) mass is 396 g/mol. The fourth-order valence-corrected chi connectivity index (χ4v) is 3.01. The second-order valence-electron chi connectivity index (χ2n) is 7.29. The lowest BCUT2D eigenvalue weighted by atomic mass is 10.2. The van der Waals surface area contributed by atoms with E-state index in [4.69, 9.17) is 0 Å². The first-order valence-electron chi connectivity index (χ1n) is 9.81. The number of nitrogens with one attached hydrogen (secondary N) is 3. The van der Waals surface area contributed by atoms with Crippen molar-refractivity contribution in [2.45, 2.75) is 20.8 Å². The lowest BCUT2D eigenvalue weighted by Crippen LogP contribution is -2.07. The number of aryl methyl sites for hydroxylation is 3. The van der Waals surface area contributed by atoms with Gasteiger partial charge in [0.15, 0.2) is 0 Å². The molecule has 0 atom stereocenters. The van der Waals surface area contributed by atoms with Gasteiger partial charge in [-0.05, 0) is 68.3 Å². The maximum atomic E-state index is 4.55. The highest BCUT2D eigenvalue weighted by Gasteiger charge is 2.09. The van der Waals surface area contributed by atoms with E-state index in [0.717, 1.165) is 28.2 Å². The molecule has 0 spiro atoms. The molecule has 3 N–H and O–H groups in total. The molecule has 1 heterocycles. The van der Waals surface area contributed by atoms with Gasteiger partial charge in [-0.2, -0.15) is 15.0 Å². The maximum absolute atomic E-state index is 4.55. The van der Waals surface area contributed by atoms with Gasteiger partial charge < -0.3 is 16.0 Å². The summed E-state index contributed by atoms with van der Waals surface area (Å²) in [6.07, 6.45) is 0. The lowest BCUT2D eigenvalue weighted by molar-refractivity contribution is 1.06. The molecule has 0 fully saturated rings. The summed E-state index contributed by atoms with van der Waals surface area (Å²) >= 11 is 0. The van der Waals surface area contributed by atoms with Gasteiger partial charge in [0.2, 0.25) is 17.8 Å². The zero-order valence-electron chi connectivity index (χ0n) is 17.3. The first-order valence-corrected chi connectivity index (χ1v) is 9.81. The van der Waals surface area contributed by atoms with Gasteiger partial charge in [-0.25, -0.2) is 0 Å². The summed E-state index contributed by atoms with van der Waals surface area (Å²) in [4.78, 5) is 13.7. The van der Waals surface area contributed by atoms with Crippen LogP contribution in [-0.2, 0) is 0 Å². The number of hydrogen-bond donors (Lipinski definition) is 3. The van der Waals surface area contributed by atoms with Crippen LogP contribution in [0.15, 0.2) is 72.8 Å². The molecular weight excluding hydrogens is 372 g/mol. The maximum Gasteiger partial charge on any atom is 0.233 e.